The summed E-state index contributed by atoms with van der Waals surface area (Å²) in [4.78, 5) is 11.2. The van der Waals surface area contributed by atoms with Gasteiger partial charge in [-0.15, -0.1) is 0 Å². The molecule has 0 radical (unpaired) electrons. The number of aliphatic hydroxyl groups excluding tert-OH is 1. The summed E-state index contributed by atoms with van der Waals surface area (Å²) in [6.45, 7) is 1.86. The molecule has 2 aromatic carbocycles. The van der Waals surface area contributed by atoms with Gasteiger partial charge in [0.1, 0.15) is 5.60 Å². The number of carboxylic acids is 1. The van der Waals surface area contributed by atoms with Gasteiger partial charge in [-0.3, -0.25) is 0 Å². The molecule has 5 heteroatoms. The highest BCUT2D eigenvalue weighted by molar-refractivity contribution is 6.30. The fourth-order valence-electron chi connectivity index (χ4n) is 2.36. The standard InChI is InChI=1S/C18H19ClO4/c1-18(16(20)17(21)22,14-5-3-2-4-6-14)23-12-11-13-7-9-15(19)10-8-13/h2-10,16,20H,11-12H2,1H3,(H,21,22)/t16-,18-/m1/s1. The van der Waals surface area contributed by atoms with Crippen molar-refractivity contribution < 1.29 is 19.7 Å². The highest BCUT2D eigenvalue weighted by Gasteiger charge is 2.40. The number of aliphatic carboxylic acids is 1. The average molecular weight is 335 g/mol. The predicted molar refractivity (Wildman–Crippen MR) is 88.5 cm³/mol. The molecule has 2 rings (SSSR count). The lowest BCUT2D eigenvalue weighted by molar-refractivity contribution is -0.171. The van der Waals surface area contributed by atoms with Gasteiger partial charge in [0, 0.05) is 5.02 Å². The van der Waals surface area contributed by atoms with Gasteiger partial charge in [-0.05, 0) is 36.6 Å². The van der Waals surface area contributed by atoms with Gasteiger partial charge in [-0.1, -0.05) is 54.1 Å². The zero-order chi connectivity index (χ0) is 16.9. The third kappa shape index (κ3) is 4.32. The van der Waals surface area contributed by atoms with Crippen molar-refractivity contribution in [1.29, 1.82) is 0 Å². The van der Waals surface area contributed by atoms with Gasteiger partial charge in [0.15, 0.2) is 6.10 Å². The van der Waals surface area contributed by atoms with Crippen molar-refractivity contribution in [3.63, 3.8) is 0 Å². The van der Waals surface area contributed by atoms with Crippen molar-refractivity contribution in [3.05, 3.63) is 70.7 Å². The minimum Gasteiger partial charge on any atom is -0.479 e. The number of carboxylic acid groups (broad SMARTS) is 1. The molecule has 2 atom stereocenters. The average Bonchev–Trinajstić information content (AvgIpc) is 2.56. The van der Waals surface area contributed by atoms with E-state index in [4.69, 9.17) is 16.3 Å². The van der Waals surface area contributed by atoms with E-state index in [0.717, 1.165) is 5.56 Å². The number of halogens is 1. The van der Waals surface area contributed by atoms with Crippen LogP contribution in [0.3, 0.4) is 0 Å². The monoisotopic (exact) mass is 334 g/mol. The van der Waals surface area contributed by atoms with Gasteiger partial charge in [0.2, 0.25) is 0 Å². The van der Waals surface area contributed by atoms with Crippen molar-refractivity contribution >= 4 is 17.6 Å². The van der Waals surface area contributed by atoms with Crippen molar-refractivity contribution in [3.8, 4) is 0 Å². The normalized spacial score (nSPS) is 14.9. The molecule has 0 unspecified atom stereocenters. The molecule has 23 heavy (non-hydrogen) atoms. The van der Waals surface area contributed by atoms with Crippen molar-refractivity contribution in [2.75, 3.05) is 6.61 Å². The molecule has 0 amide bonds. The van der Waals surface area contributed by atoms with Crippen molar-refractivity contribution in [1.82, 2.24) is 0 Å². The summed E-state index contributed by atoms with van der Waals surface area (Å²) in [6, 6.07) is 16.2. The molecule has 122 valence electrons. The van der Waals surface area contributed by atoms with Crippen molar-refractivity contribution in [2.45, 2.75) is 25.0 Å². The molecule has 0 fully saturated rings. The van der Waals surface area contributed by atoms with E-state index in [-0.39, 0.29) is 6.61 Å². The first-order valence-corrected chi connectivity index (χ1v) is 7.66. The maximum Gasteiger partial charge on any atom is 0.335 e. The van der Waals surface area contributed by atoms with Crippen LogP contribution in [0.4, 0.5) is 0 Å². The number of hydrogen-bond acceptors (Lipinski definition) is 3. The number of benzene rings is 2. The van der Waals surface area contributed by atoms with Crippen LogP contribution in [0.1, 0.15) is 18.1 Å². The third-order valence-electron chi connectivity index (χ3n) is 3.81. The smallest absolute Gasteiger partial charge is 0.335 e. The largest absolute Gasteiger partial charge is 0.479 e. The van der Waals surface area contributed by atoms with E-state index in [1.807, 2.05) is 18.2 Å². The van der Waals surface area contributed by atoms with Crippen molar-refractivity contribution in [2.24, 2.45) is 0 Å². The molecule has 2 aromatic rings. The molecule has 0 heterocycles. The van der Waals surface area contributed by atoms with Crippen LogP contribution in [0.15, 0.2) is 54.6 Å². The Bertz CT molecular complexity index is 642. The van der Waals surface area contributed by atoms with Crippen LogP contribution in [-0.4, -0.2) is 28.9 Å². The molecule has 0 saturated heterocycles. The topological polar surface area (TPSA) is 66.8 Å². The van der Waals surface area contributed by atoms with E-state index < -0.39 is 17.7 Å². The van der Waals surface area contributed by atoms with Gasteiger partial charge < -0.3 is 14.9 Å². The molecule has 0 aliphatic carbocycles. The first-order chi connectivity index (χ1) is 10.9. The van der Waals surface area contributed by atoms with Crippen LogP contribution in [0.25, 0.3) is 0 Å². The van der Waals surface area contributed by atoms with E-state index in [0.29, 0.717) is 17.0 Å². The van der Waals surface area contributed by atoms with E-state index in [9.17, 15) is 15.0 Å². The highest BCUT2D eigenvalue weighted by atomic mass is 35.5. The summed E-state index contributed by atoms with van der Waals surface area (Å²) in [5.74, 6) is -1.32. The summed E-state index contributed by atoms with van der Waals surface area (Å²) in [5.41, 5.74) is 0.320. The maximum atomic E-state index is 11.2. The predicted octanol–water partition coefficient (Wildman–Crippen LogP) is 3.26. The zero-order valence-corrected chi connectivity index (χ0v) is 13.5. The van der Waals surface area contributed by atoms with Crippen LogP contribution in [0.2, 0.25) is 5.02 Å². The number of carbonyl (C=O) groups is 1. The second kappa shape index (κ2) is 7.59. The fourth-order valence-corrected chi connectivity index (χ4v) is 2.48. The number of hydrogen-bond donors (Lipinski definition) is 2. The summed E-state index contributed by atoms with van der Waals surface area (Å²) >= 11 is 5.85. The Hall–Kier alpha value is -1.88. The molecule has 0 aliphatic heterocycles. The number of aliphatic hydroxyl groups is 1. The quantitative estimate of drug-likeness (QED) is 0.815. The van der Waals surface area contributed by atoms with Crippen LogP contribution < -0.4 is 0 Å². The Morgan fingerprint density at radius 3 is 2.35 bits per heavy atom. The van der Waals surface area contributed by atoms with Crippen LogP contribution >= 0.6 is 11.6 Å². The van der Waals surface area contributed by atoms with Gasteiger partial charge in [0.05, 0.1) is 6.61 Å². The summed E-state index contributed by atoms with van der Waals surface area (Å²) < 4.78 is 5.81. The molecule has 4 nitrogen and oxygen atoms in total. The van der Waals surface area contributed by atoms with Crippen LogP contribution in [-0.2, 0) is 21.6 Å². The van der Waals surface area contributed by atoms with Gasteiger partial charge in [0.25, 0.3) is 0 Å². The lowest BCUT2D eigenvalue weighted by Gasteiger charge is -2.33. The van der Waals surface area contributed by atoms with E-state index in [1.165, 1.54) is 0 Å². The maximum absolute atomic E-state index is 11.2. The summed E-state index contributed by atoms with van der Waals surface area (Å²) in [7, 11) is 0. The second-order valence-electron chi connectivity index (χ2n) is 5.44. The molecular formula is C18H19ClO4. The third-order valence-corrected chi connectivity index (χ3v) is 4.06. The molecule has 0 aromatic heterocycles. The molecule has 2 N–H and O–H groups in total. The highest BCUT2D eigenvalue weighted by Crippen LogP contribution is 2.30. The minimum atomic E-state index is -1.66. The first-order valence-electron chi connectivity index (χ1n) is 7.28. The minimum absolute atomic E-state index is 0.275. The van der Waals surface area contributed by atoms with Gasteiger partial charge in [-0.25, -0.2) is 4.79 Å². The molecular weight excluding hydrogens is 316 g/mol. The van der Waals surface area contributed by atoms with Crippen LogP contribution in [0, 0.1) is 0 Å². The Labute approximate surface area is 140 Å². The second-order valence-corrected chi connectivity index (χ2v) is 5.88. The zero-order valence-electron chi connectivity index (χ0n) is 12.8. The van der Waals surface area contributed by atoms with E-state index in [1.54, 1.807) is 43.3 Å². The van der Waals surface area contributed by atoms with E-state index in [2.05, 4.69) is 0 Å². The Balaban J connectivity index is 2.12. The Morgan fingerprint density at radius 1 is 1.17 bits per heavy atom. The summed E-state index contributed by atoms with van der Waals surface area (Å²) in [6.07, 6.45) is -1.07. The van der Waals surface area contributed by atoms with Crippen LogP contribution in [0.5, 0.6) is 0 Å². The summed E-state index contributed by atoms with van der Waals surface area (Å²) in [5, 5.41) is 19.9. The molecule has 0 spiro atoms. The number of rotatable bonds is 7. The Morgan fingerprint density at radius 2 is 1.78 bits per heavy atom. The number of ether oxygens (including phenoxy) is 1. The molecule has 0 saturated carbocycles. The molecule has 0 bridgehead atoms. The van der Waals surface area contributed by atoms with Gasteiger partial charge in [-0.2, -0.15) is 0 Å². The Kier molecular flexibility index (Phi) is 5.77. The first kappa shape index (κ1) is 17.5. The van der Waals surface area contributed by atoms with E-state index >= 15 is 0 Å². The SMILES string of the molecule is C[C@@](OCCc1ccc(Cl)cc1)(c1ccccc1)[C@H](O)C(=O)O. The van der Waals surface area contributed by atoms with Gasteiger partial charge >= 0.3 is 5.97 Å². The molecule has 0 aliphatic rings. The fraction of sp³-hybridized carbons (Fsp3) is 0.278. The lowest BCUT2D eigenvalue weighted by Crippen LogP contribution is -2.44. The lowest BCUT2D eigenvalue weighted by atomic mass is 9.89.